The molecule has 6 heteroatoms. The van der Waals surface area contributed by atoms with Crippen LogP contribution in [0.15, 0.2) is 24.3 Å². The van der Waals surface area contributed by atoms with Gasteiger partial charge >= 0.3 is 5.97 Å². The van der Waals surface area contributed by atoms with Gasteiger partial charge in [0.15, 0.2) is 8.32 Å². The molecule has 1 N–H and O–H groups in total. The molecule has 1 heterocycles. The number of nitrogens with zero attached hydrogens (tertiary/aromatic N) is 1. The minimum atomic E-state index is -1.93. The molecule has 0 aliphatic carbocycles. The van der Waals surface area contributed by atoms with Crippen LogP contribution in [0.5, 0.6) is 0 Å². The number of carboxylic acid groups (broad SMARTS) is 1. The lowest BCUT2D eigenvalue weighted by Crippen LogP contribution is -2.48. The molecule has 1 aromatic carbocycles. The van der Waals surface area contributed by atoms with E-state index in [9.17, 15) is 14.3 Å². The lowest BCUT2D eigenvalue weighted by molar-refractivity contribution is -0.147. The molecule has 4 nitrogen and oxygen atoms in total. The topological polar surface area (TPSA) is 49.8 Å². The number of halogens is 1. The summed E-state index contributed by atoms with van der Waals surface area (Å²) >= 11 is 0. The fourth-order valence-corrected chi connectivity index (χ4v) is 5.07. The number of hydrogen-bond donors (Lipinski definition) is 1. The summed E-state index contributed by atoms with van der Waals surface area (Å²) in [5, 5.41) is 10.0. The zero-order valence-corrected chi connectivity index (χ0v) is 20.3. The van der Waals surface area contributed by atoms with Crippen molar-refractivity contribution in [2.24, 2.45) is 11.3 Å². The lowest BCUT2D eigenvalue weighted by atomic mass is 9.85. The van der Waals surface area contributed by atoms with Gasteiger partial charge in [0.1, 0.15) is 11.9 Å². The van der Waals surface area contributed by atoms with Gasteiger partial charge in [-0.1, -0.05) is 53.7 Å². The van der Waals surface area contributed by atoms with Crippen LogP contribution >= 0.6 is 0 Å². The van der Waals surface area contributed by atoms with Gasteiger partial charge in [0.05, 0.1) is 0 Å². The molecular formula is C23H38FNO3Si. The highest BCUT2D eigenvalue weighted by atomic mass is 28.4. The summed E-state index contributed by atoms with van der Waals surface area (Å²) in [7, 11) is -1.93. The zero-order chi connectivity index (χ0) is 22.2. The molecule has 1 aromatic rings. The van der Waals surface area contributed by atoms with Crippen molar-refractivity contribution in [3.8, 4) is 0 Å². The van der Waals surface area contributed by atoms with Gasteiger partial charge in [-0.15, -0.1) is 0 Å². The number of likely N-dealkylation sites (tertiary alicyclic amines) is 1. The molecule has 0 amide bonds. The second kappa shape index (κ2) is 8.48. The highest BCUT2D eigenvalue weighted by molar-refractivity contribution is 6.74. The van der Waals surface area contributed by atoms with Crippen LogP contribution in [0.1, 0.15) is 53.0 Å². The standard InChI is InChI=1S/C23H38FNO3Si/c1-22(2,3)20(21(26)27)25-13-17(15-28-29(7,8)23(4,5)6)19(14-25)16-10-9-11-18(24)12-16/h9-12,17,19-20H,13-15H2,1-8H3,(H,26,27)/t17-,19-,20+/m1/s1. The first-order valence-corrected chi connectivity index (χ1v) is 13.4. The summed E-state index contributed by atoms with van der Waals surface area (Å²) in [6.07, 6.45) is 0. The summed E-state index contributed by atoms with van der Waals surface area (Å²) in [6.45, 7) is 18.8. The number of aliphatic carboxylic acids is 1. The van der Waals surface area contributed by atoms with Gasteiger partial charge in [-0.3, -0.25) is 9.69 Å². The van der Waals surface area contributed by atoms with Crippen molar-refractivity contribution in [1.82, 2.24) is 4.90 Å². The quantitative estimate of drug-likeness (QED) is 0.626. The predicted molar refractivity (Wildman–Crippen MR) is 118 cm³/mol. The van der Waals surface area contributed by atoms with E-state index < -0.39 is 25.7 Å². The number of carbonyl (C=O) groups is 1. The Hall–Kier alpha value is -1.24. The zero-order valence-electron chi connectivity index (χ0n) is 19.3. The fraction of sp³-hybridized carbons (Fsp3) is 0.696. The van der Waals surface area contributed by atoms with Crippen molar-refractivity contribution in [3.05, 3.63) is 35.6 Å². The average molecular weight is 424 g/mol. The monoisotopic (exact) mass is 423 g/mol. The number of hydrogen-bond acceptors (Lipinski definition) is 3. The van der Waals surface area contributed by atoms with Crippen LogP contribution in [0.2, 0.25) is 18.1 Å². The van der Waals surface area contributed by atoms with E-state index in [1.54, 1.807) is 12.1 Å². The van der Waals surface area contributed by atoms with Crippen molar-refractivity contribution in [3.63, 3.8) is 0 Å². The van der Waals surface area contributed by atoms with E-state index in [0.29, 0.717) is 19.7 Å². The molecular weight excluding hydrogens is 385 g/mol. The predicted octanol–water partition coefficient (Wildman–Crippen LogP) is 5.36. The number of carboxylic acids is 1. The molecule has 2 rings (SSSR count). The van der Waals surface area contributed by atoms with Crippen LogP contribution in [0.3, 0.4) is 0 Å². The van der Waals surface area contributed by atoms with Crippen LogP contribution in [-0.4, -0.2) is 50.0 Å². The first-order chi connectivity index (χ1) is 13.1. The third kappa shape index (κ3) is 5.67. The molecule has 1 aliphatic rings. The average Bonchev–Trinajstić information content (AvgIpc) is 2.93. The van der Waals surface area contributed by atoms with Gasteiger partial charge in [0.2, 0.25) is 0 Å². The van der Waals surface area contributed by atoms with E-state index in [1.165, 1.54) is 6.07 Å². The van der Waals surface area contributed by atoms with Gasteiger partial charge in [0.25, 0.3) is 0 Å². The van der Waals surface area contributed by atoms with Gasteiger partial charge in [-0.2, -0.15) is 0 Å². The Kier molecular flexibility index (Phi) is 7.03. The maximum absolute atomic E-state index is 13.9. The molecule has 0 unspecified atom stereocenters. The third-order valence-electron chi connectivity index (χ3n) is 6.63. The maximum atomic E-state index is 13.9. The summed E-state index contributed by atoms with van der Waals surface area (Å²) in [5.74, 6) is -0.869. The summed E-state index contributed by atoms with van der Waals surface area (Å²) in [4.78, 5) is 14.1. The van der Waals surface area contributed by atoms with E-state index in [2.05, 4.69) is 38.8 Å². The van der Waals surface area contributed by atoms with Crippen LogP contribution in [0, 0.1) is 17.2 Å². The molecule has 29 heavy (non-hydrogen) atoms. The van der Waals surface area contributed by atoms with Crippen molar-refractivity contribution in [2.45, 2.75) is 71.6 Å². The Morgan fingerprint density at radius 1 is 1.24 bits per heavy atom. The van der Waals surface area contributed by atoms with Gasteiger partial charge in [-0.05, 0) is 41.2 Å². The minimum Gasteiger partial charge on any atom is -0.480 e. The Morgan fingerprint density at radius 3 is 2.34 bits per heavy atom. The van der Waals surface area contributed by atoms with Crippen molar-refractivity contribution < 1.29 is 18.7 Å². The van der Waals surface area contributed by atoms with E-state index in [4.69, 9.17) is 4.43 Å². The van der Waals surface area contributed by atoms with Gasteiger partial charge in [-0.25, -0.2) is 4.39 Å². The largest absolute Gasteiger partial charge is 0.480 e. The highest BCUT2D eigenvalue weighted by Gasteiger charge is 2.45. The Bertz CT molecular complexity index is 724. The van der Waals surface area contributed by atoms with Crippen LogP contribution in [-0.2, 0) is 9.22 Å². The second-order valence-electron chi connectivity index (χ2n) is 11.1. The van der Waals surface area contributed by atoms with Crippen molar-refractivity contribution in [1.29, 1.82) is 0 Å². The van der Waals surface area contributed by atoms with E-state index in [-0.39, 0.29) is 22.7 Å². The lowest BCUT2D eigenvalue weighted by Gasteiger charge is -2.37. The first kappa shape index (κ1) is 24.0. The molecule has 0 spiro atoms. The minimum absolute atomic E-state index is 0.0552. The smallest absolute Gasteiger partial charge is 0.321 e. The van der Waals surface area contributed by atoms with Crippen LogP contribution in [0.4, 0.5) is 4.39 Å². The van der Waals surface area contributed by atoms with E-state index in [0.717, 1.165) is 5.56 Å². The first-order valence-electron chi connectivity index (χ1n) is 10.5. The highest BCUT2D eigenvalue weighted by Crippen LogP contribution is 2.41. The molecule has 3 atom stereocenters. The molecule has 164 valence electrons. The third-order valence-corrected chi connectivity index (χ3v) is 11.1. The Labute approximate surface area is 176 Å². The molecule has 1 saturated heterocycles. The number of rotatable bonds is 6. The molecule has 0 aromatic heterocycles. The second-order valence-corrected chi connectivity index (χ2v) is 15.9. The van der Waals surface area contributed by atoms with Gasteiger partial charge in [0, 0.05) is 31.5 Å². The number of benzene rings is 1. The summed E-state index contributed by atoms with van der Waals surface area (Å²) in [5.41, 5.74) is 0.530. The SMILES string of the molecule is CC(C)(C)[C@H](C(=O)O)N1C[C@H](CO[Si](C)(C)C(C)(C)C)[C@@H](c2cccc(F)c2)C1. The normalized spacial score (nSPS) is 22.7. The molecule has 0 radical (unpaired) electrons. The Balaban J connectivity index is 2.31. The molecule has 1 fully saturated rings. The maximum Gasteiger partial charge on any atom is 0.321 e. The van der Waals surface area contributed by atoms with Gasteiger partial charge < -0.3 is 9.53 Å². The van der Waals surface area contributed by atoms with E-state index >= 15 is 0 Å². The summed E-state index contributed by atoms with van der Waals surface area (Å²) < 4.78 is 20.4. The van der Waals surface area contributed by atoms with Crippen molar-refractivity contribution >= 4 is 14.3 Å². The molecule has 1 aliphatic heterocycles. The van der Waals surface area contributed by atoms with Crippen LogP contribution in [0.25, 0.3) is 0 Å². The van der Waals surface area contributed by atoms with Crippen molar-refractivity contribution in [2.75, 3.05) is 19.7 Å². The molecule has 0 saturated carbocycles. The Morgan fingerprint density at radius 2 is 1.86 bits per heavy atom. The molecule has 0 bridgehead atoms. The fourth-order valence-electron chi connectivity index (χ4n) is 4.01. The van der Waals surface area contributed by atoms with Crippen LogP contribution < -0.4 is 0 Å². The van der Waals surface area contributed by atoms with E-state index in [1.807, 2.05) is 26.8 Å². The summed E-state index contributed by atoms with van der Waals surface area (Å²) in [6, 6.07) is 6.13.